The Morgan fingerprint density at radius 3 is 2.38 bits per heavy atom. The Kier molecular flexibility index (Phi) is 6.06. The van der Waals surface area contributed by atoms with Gasteiger partial charge < -0.3 is 5.73 Å². The van der Waals surface area contributed by atoms with E-state index in [0.29, 0.717) is 12.1 Å². The van der Waals surface area contributed by atoms with Gasteiger partial charge in [0.1, 0.15) is 0 Å². The summed E-state index contributed by atoms with van der Waals surface area (Å²) >= 11 is 0. The van der Waals surface area contributed by atoms with Crippen LogP contribution in [0.25, 0.3) is 0 Å². The van der Waals surface area contributed by atoms with E-state index < -0.39 is 23.8 Å². The minimum Gasteiger partial charge on any atom is -0.326 e. The summed E-state index contributed by atoms with van der Waals surface area (Å²) in [6.45, 7) is 1.90. The van der Waals surface area contributed by atoms with Crippen molar-refractivity contribution in [2.24, 2.45) is 16.6 Å². The second-order valence-electron chi connectivity index (χ2n) is 7.72. The molecule has 7 nitrogen and oxygen atoms in total. The van der Waals surface area contributed by atoms with E-state index in [-0.39, 0.29) is 18.1 Å². The first-order valence-corrected chi connectivity index (χ1v) is 10.0. The number of nitrogens with one attached hydrogen (secondary N) is 1. The summed E-state index contributed by atoms with van der Waals surface area (Å²) < 4.78 is 0. The Morgan fingerprint density at radius 1 is 1.08 bits per heavy atom. The predicted octanol–water partition coefficient (Wildman–Crippen LogP) is 2.13. The standard InChI is InChI=1S/C19H30N4O3/c1-2-14(21-15-11-7-6-10-13(15)20)16-17(24)22-19(26)23(18(16)25)12-8-4-3-5-9-12/h12-13,15-16H,2-11,20H2,1H3,(H,22,24,26)/t13-,15+,16?/m0/s1. The first-order chi connectivity index (χ1) is 12.5. The highest BCUT2D eigenvalue weighted by molar-refractivity contribution is 6.27. The normalized spacial score (nSPS) is 31.9. The highest BCUT2D eigenvalue weighted by Gasteiger charge is 2.45. The van der Waals surface area contributed by atoms with Crippen LogP contribution in [0, 0.1) is 5.92 Å². The van der Waals surface area contributed by atoms with Crippen molar-refractivity contribution in [3.05, 3.63) is 0 Å². The molecule has 0 aromatic heterocycles. The van der Waals surface area contributed by atoms with E-state index in [4.69, 9.17) is 10.7 Å². The number of nitrogens with two attached hydrogens (primary N) is 1. The van der Waals surface area contributed by atoms with Crippen molar-refractivity contribution in [1.29, 1.82) is 0 Å². The molecule has 3 atom stereocenters. The smallest absolute Gasteiger partial charge is 0.326 e. The Morgan fingerprint density at radius 2 is 1.73 bits per heavy atom. The molecular formula is C19H30N4O3. The Balaban J connectivity index is 1.84. The predicted molar refractivity (Wildman–Crippen MR) is 98.7 cm³/mol. The average molecular weight is 362 g/mol. The van der Waals surface area contributed by atoms with E-state index in [0.717, 1.165) is 57.8 Å². The highest BCUT2D eigenvalue weighted by Crippen LogP contribution is 2.27. The van der Waals surface area contributed by atoms with Crippen molar-refractivity contribution < 1.29 is 14.4 Å². The van der Waals surface area contributed by atoms with Gasteiger partial charge in [-0.3, -0.25) is 24.8 Å². The summed E-state index contributed by atoms with van der Waals surface area (Å²) in [6, 6.07) is -0.752. The van der Waals surface area contributed by atoms with Gasteiger partial charge >= 0.3 is 6.03 Å². The van der Waals surface area contributed by atoms with Gasteiger partial charge in [-0.2, -0.15) is 0 Å². The zero-order chi connectivity index (χ0) is 18.7. The molecule has 0 bridgehead atoms. The van der Waals surface area contributed by atoms with Crippen LogP contribution in [0.3, 0.4) is 0 Å². The number of nitrogens with zero attached hydrogens (tertiary/aromatic N) is 2. The summed E-state index contributed by atoms with van der Waals surface area (Å²) in [6.07, 6.45) is 9.23. The average Bonchev–Trinajstić information content (AvgIpc) is 2.63. The van der Waals surface area contributed by atoms with E-state index in [1.54, 1.807) is 0 Å². The molecule has 26 heavy (non-hydrogen) atoms. The van der Waals surface area contributed by atoms with Crippen LogP contribution >= 0.6 is 0 Å². The number of hydrogen-bond donors (Lipinski definition) is 2. The second kappa shape index (κ2) is 8.29. The molecule has 2 saturated carbocycles. The second-order valence-corrected chi connectivity index (χ2v) is 7.72. The van der Waals surface area contributed by atoms with Crippen molar-refractivity contribution >= 4 is 23.6 Å². The molecule has 3 aliphatic rings. The monoisotopic (exact) mass is 362 g/mol. The van der Waals surface area contributed by atoms with Gasteiger partial charge in [0.2, 0.25) is 11.8 Å². The number of aliphatic imine (C=N–C) groups is 1. The molecule has 1 saturated heterocycles. The van der Waals surface area contributed by atoms with Crippen molar-refractivity contribution in [3.8, 4) is 0 Å². The van der Waals surface area contributed by atoms with E-state index in [1.165, 1.54) is 4.90 Å². The highest BCUT2D eigenvalue weighted by atomic mass is 16.2. The van der Waals surface area contributed by atoms with E-state index in [9.17, 15) is 14.4 Å². The molecule has 1 heterocycles. The maximum absolute atomic E-state index is 13.1. The van der Waals surface area contributed by atoms with Crippen molar-refractivity contribution in [3.63, 3.8) is 0 Å². The van der Waals surface area contributed by atoms with Gasteiger partial charge in [-0.1, -0.05) is 39.0 Å². The molecule has 4 amide bonds. The number of amides is 4. The fourth-order valence-corrected chi connectivity index (χ4v) is 4.45. The lowest BCUT2D eigenvalue weighted by Crippen LogP contribution is -2.62. The lowest BCUT2D eigenvalue weighted by atomic mass is 9.89. The molecule has 0 aromatic rings. The Labute approximate surface area is 154 Å². The minimum absolute atomic E-state index is 0.0249. The zero-order valence-corrected chi connectivity index (χ0v) is 15.6. The van der Waals surface area contributed by atoms with Gasteiger partial charge in [-0.25, -0.2) is 4.79 Å². The first kappa shape index (κ1) is 19.0. The third-order valence-electron chi connectivity index (χ3n) is 5.94. The van der Waals surface area contributed by atoms with Gasteiger partial charge in [0.15, 0.2) is 5.92 Å². The number of carbonyl (C=O) groups excluding carboxylic acids is 3. The van der Waals surface area contributed by atoms with Gasteiger partial charge in [0, 0.05) is 17.8 Å². The third kappa shape index (κ3) is 3.82. The molecule has 0 aromatic carbocycles. The molecule has 2 aliphatic carbocycles. The Bertz CT molecular complexity index is 598. The summed E-state index contributed by atoms with van der Waals surface area (Å²) in [5, 5.41) is 2.39. The van der Waals surface area contributed by atoms with Gasteiger partial charge in [0.05, 0.1) is 6.04 Å². The molecule has 1 unspecified atom stereocenters. The lowest BCUT2D eigenvalue weighted by molar-refractivity contribution is -0.141. The number of barbiturate groups is 1. The quantitative estimate of drug-likeness (QED) is 0.590. The fourth-order valence-electron chi connectivity index (χ4n) is 4.45. The lowest BCUT2D eigenvalue weighted by Gasteiger charge is -2.38. The first-order valence-electron chi connectivity index (χ1n) is 10.0. The van der Waals surface area contributed by atoms with Crippen LogP contribution in [0.1, 0.15) is 71.1 Å². The van der Waals surface area contributed by atoms with Crippen LogP contribution in [-0.2, 0) is 9.59 Å². The van der Waals surface area contributed by atoms with Crippen LogP contribution in [0.5, 0.6) is 0 Å². The van der Waals surface area contributed by atoms with Gasteiger partial charge in [0.25, 0.3) is 0 Å². The number of imide groups is 2. The zero-order valence-electron chi connectivity index (χ0n) is 15.6. The maximum atomic E-state index is 13.1. The SMILES string of the molecule is CCC(=N[C@@H]1CCCC[C@@H]1N)C1C(=O)NC(=O)N(C2CCCCC2)C1=O. The van der Waals surface area contributed by atoms with Gasteiger partial charge in [-0.05, 0) is 32.1 Å². The summed E-state index contributed by atoms with van der Waals surface area (Å²) in [7, 11) is 0. The largest absolute Gasteiger partial charge is 0.331 e. The van der Waals surface area contributed by atoms with E-state index >= 15 is 0 Å². The molecule has 144 valence electrons. The third-order valence-corrected chi connectivity index (χ3v) is 5.94. The van der Waals surface area contributed by atoms with Gasteiger partial charge in [-0.15, -0.1) is 0 Å². The van der Waals surface area contributed by atoms with Crippen molar-refractivity contribution in [1.82, 2.24) is 10.2 Å². The molecule has 7 heteroatoms. The summed E-state index contributed by atoms with van der Waals surface area (Å²) in [5.74, 6) is -1.94. The molecule has 3 fully saturated rings. The topological polar surface area (TPSA) is 105 Å². The minimum atomic E-state index is -0.992. The molecule has 3 N–H and O–H groups in total. The molecule has 0 spiro atoms. The molecule has 0 radical (unpaired) electrons. The Hall–Kier alpha value is -1.76. The van der Waals surface area contributed by atoms with Crippen LogP contribution in [0.15, 0.2) is 4.99 Å². The number of carbonyl (C=O) groups is 3. The van der Waals surface area contributed by atoms with Crippen LogP contribution in [-0.4, -0.2) is 46.6 Å². The van der Waals surface area contributed by atoms with Crippen molar-refractivity contribution in [2.75, 3.05) is 0 Å². The summed E-state index contributed by atoms with van der Waals surface area (Å²) in [5.41, 5.74) is 6.75. The molecule has 3 rings (SSSR count). The fraction of sp³-hybridized carbons (Fsp3) is 0.789. The van der Waals surface area contributed by atoms with E-state index in [2.05, 4.69) is 5.32 Å². The number of rotatable bonds is 4. The number of hydrogen-bond acceptors (Lipinski definition) is 5. The summed E-state index contributed by atoms with van der Waals surface area (Å²) in [4.78, 5) is 43.9. The van der Waals surface area contributed by atoms with Crippen LogP contribution in [0.4, 0.5) is 4.79 Å². The van der Waals surface area contributed by atoms with Crippen molar-refractivity contribution in [2.45, 2.75) is 89.3 Å². The van der Waals surface area contributed by atoms with E-state index in [1.807, 2.05) is 6.92 Å². The molecular weight excluding hydrogens is 332 g/mol. The maximum Gasteiger partial charge on any atom is 0.331 e. The number of urea groups is 1. The van der Waals surface area contributed by atoms with Crippen LogP contribution in [0.2, 0.25) is 0 Å². The molecule has 1 aliphatic heterocycles. The van der Waals surface area contributed by atoms with Crippen LogP contribution < -0.4 is 11.1 Å².